The van der Waals surface area contributed by atoms with E-state index in [9.17, 15) is 4.79 Å². The number of hydrogen-bond acceptors (Lipinski definition) is 3. The van der Waals surface area contributed by atoms with Crippen LogP contribution in [0.5, 0.6) is 5.75 Å². The number of methoxy groups -OCH3 is 1. The molecule has 1 atom stereocenters. The largest absolute Gasteiger partial charge is 0.496 e. The normalized spacial score (nSPS) is 11.7. The van der Waals surface area contributed by atoms with Crippen molar-refractivity contribution < 1.29 is 9.53 Å². The van der Waals surface area contributed by atoms with Gasteiger partial charge in [-0.25, -0.2) is 0 Å². The fourth-order valence-corrected chi connectivity index (χ4v) is 3.95. The van der Waals surface area contributed by atoms with Gasteiger partial charge in [0.2, 0.25) is 0 Å². The molecule has 0 heterocycles. The molecular weight excluding hydrogens is 402 g/mol. The molecule has 0 fully saturated rings. The second-order valence-electron chi connectivity index (χ2n) is 6.88. The van der Waals surface area contributed by atoms with E-state index < -0.39 is 0 Å². The van der Waals surface area contributed by atoms with Gasteiger partial charge in [-0.15, -0.1) is 11.8 Å². The molecule has 29 heavy (non-hydrogen) atoms. The summed E-state index contributed by atoms with van der Waals surface area (Å²) in [6.07, 6.45) is 0. The highest BCUT2D eigenvalue weighted by atomic mass is 35.5. The lowest BCUT2D eigenvalue weighted by Crippen LogP contribution is -2.26. The minimum atomic E-state index is -0.118. The van der Waals surface area contributed by atoms with Gasteiger partial charge in [-0.3, -0.25) is 4.79 Å². The van der Waals surface area contributed by atoms with E-state index in [1.54, 1.807) is 24.9 Å². The summed E-state index contributed by atoms with van der Waals surface area (Å²) < 4.78 is 5.49. The number of amides is 1. The van der Waals surface area contributed by atoms with Crippen molar-refractivity contribution in [2.45, 2.75) is 30.5 Å². The lowest BCUT2D eigenvalue weighted by atomic mass is 10.1. The maximum atomic E-state index is 12.8. The van der Waals surface area contributed by atoms with Crippen LogP contribution < -0.4 is 10.1 Å². The smallest absolute Gasteiger partial charge is 0.251 e. The van der Waals surface area contributed by atoms with Crippen molar-refractivity contribution in [3.05, 3.63) is 94.0 Å². The molecule has 3 nitrogen and oxygen atoms in total. The summed E-state index contributed by atoms with van der Waals surface area (Å²) in [5.41, 5.74) is 3.85. The Hall–Kier alpha value is -2.43. The summed E-state index contributed by atoms with van der Waals surface area (Å²) in [5.74, 6) is 1.39. The van der Waals surface area contributed by atoms with Gasteiger partial charge < -0.3 is 10.1 Å². The Labute approximate surface area is 181 Å². The van der Waals surface area contributed by atoms with Gasteiger partial charge in [-0.05, 0) is 61.9 Å². The Morgan fingerprint density at radius 3 is 2.41 bits per heavy atom. The van der Waals surface area contributed by atoms with Gasteiger partial charge in [0.1, 0.15) is 5.75 Å². The average Bonchev–Trinajstić information content (AvgIpc) is 2.73. The minimum absolute atomic E-state index is 0.114. The number of carbonyl (C=O) groups excluding carboxylic acids is 1. The van der Waals surface area contributed by atoms with Crippen LogP contribution in [0.3, 0.4) is 0 Å². The first-order valence-electron chi connectivity index (χ1n) is 9.39. The zero-order valence-corrected chi connectivity index (χ0v) is 18.3. The molecule has 0 aliphatic rings. The van der Waals surface area contributed by atoms with Gasteiger partial charge >= 0.3 is 0 Å². The van der Waals surface area contributed by atoms with E-state index in [4.69, 9.17) is 16.3 Å². The molecule has 1 N–H and O–H groups in total. The Morgan fingerprint density at radius 1 is 1.07 bits per heavy atom. The molecule has 3 aromatic rings. The molecule has 150 valence electrons. The van der Waals surface area contributed by atoms with Crippen LogP contribution in [0.1, 0.15) is 40.0 Å². The maximum absolute atomic E-state index is 12.8. The van der Waals surface area contributed by atoms with Crippen LogP contribution >= 0.6 is 23.4 Å². The molecule has 5 heteroatoms. The third-order valence-corrected chi connectivity index (χ3v) is 5.99. The van der Waals surface area contributed by atoms with Crippen molar-refractivity contribution in [1.29, 1.82) is 0 Å². The van der Waals surface area contributed by atoms with Crippen LogP contribution in [0.25, 0.3) is 0 Å². The van der Waals surface area contributed by atoms with E-state index in [1.165, 1.54) is 10.5 Å². The van der Waals surface area contributed by atoms with Gasteiger partial charge in [0.05, 0.1) is 13.2 Å². The van der Waals surface area contributed by atoms with Crippen molar-refractivity contribution in [3.63, 3.8) is 0 Å². The van der Waals surface area contributed by atoms with E-state index >= 15 is 0 Å². The molecule has 0 radical (unpaired) electrons. The standard InChI is InChI=1S/C24H24ClNO2S/c1-16-4-11-22(12-5-16)29-15-20-14-19(8-13-23(20)28-3)24(27)26-17(2)18-6-9-21(25)10-7-18/h4-14,17H,15H2,1-3H3,(H,26,27). The highest BCUT2D eigenvalue weighted by Crippen LogP contribution is 2.29. The summed E-state index contributed by atoms with van der Waals surface area (Å²) in [6.45, 7) is 4.03. The second-order valence-corrected chi connectivity index (χ2v) is 8.36. The molecular formula is C24H24ClNO2S. The number of carbonyl (C=O) groups is 1. The van der Waals surface area contributed by atoms with Crippen molar-refractivity contribution in [2.24, 2.45) is 0 Å². The van der Waals surface area contributed by atoms with Crippen LogP contribution in [-0.4, -0.2) is 13.0 Å². The SMILES string of the molecule is COc1ccc(C(=O)NC(C)c2ccc(Cl)cc2)cc1CSc1ccc(C)cc1. The highest BCUT2D eigenvalue weighted by Gasteiger charge is 2.14. The van der Waals surface area contributed by atoms with Crippen molar-refractivity contribution in [1.82, 2.24) is 5.32 Å². The lowest BCUT2D eigenvalue weighted by Gasteiger charge is -2.16. The monoisotopic (exact) mass is 425 g/mol. The number of nitrogens with one attached hydrogen (secondary N) is 1. The number of halogens is 1. The second kappa shape index (κ2) is 9.86. The molecule has 0 aliphatic carbocycles. The molecule has 0 spiro atoms. The van der Waals surface area contributed by atoms with Crippen LogP contribution in [-0.2, 0) is 5.75 Å². The molecule has 3 aromatic carbocycles. The fraction of sp³-hybridized carbons (Fsp3) is 0.208. The fourth-order valence-electron chi connectivity index (χ4n) is 2.94. The topological polar surface area (TPSA) is 38.3 Å². The summed E-state index contributed by atoms with van der Waals surface area (Å²) >= 11 is 7.66. The Kier molecular flexibility index (Phi) is 7.24. The number of thioether (sulfide) groups is 1. The predicted octanol–water partition coefficient (Wildman–Crippen LogP) is 6.44. The van der Waals surface area contributed by atoms with Gasteiger partial charge in [-0.2, -0.15) is 0 Å². The average molecular weight is 426 g/mol. The molecule has 1 unspecified atom stereocenters. The van der Waals surface area contributed by atoms with Crippen LogP contribution in [0.2, 0.25) is 5.02 Å². The maximum Gasteiger partial charge on any atom is 0.251 e. The first-order chi connectivity index (χ1) is 14.0. The molecule has 0 saturated heterocycles. The predicted molar refractivity (Wildman–Crippen MR) is 121 cm³/mol. The van der Waals surface area contributed by atoms with E-state index in [0.717, 1.165) is 22.6 Å². The zero-order valence-electron chi connectivity index (χ0n) is 16.7. The van der Waals surface area contributed by atoms with Gasteiger partial charge in [0.15, 0.2) is 0 Å². The van der Waals surface area contributed by atoms with Crippen LogP contribution in [0, 0.1) is 6.92 Å². The van der Waals surface area contributed by atoms with Crippen molar-refractivity contribution in [2.75, 3.05) is 7.11 Å². The lowest BCUT2D eigenvalue weighted by molar-refractivity contribution is 0.0939. The molecule has 0 bridgehead atoms. The van der Waals surface area contributed by atoms with E-state index in [2.05, 4.69) is 36.5 Å². The van der Waals surface area contributed by atoms with E-state index in [0.29, 0.717) is 10.6 Å². The van der Waals surface area contributed by atoms with Crippen LogP contribution in [0.15, 0.2) is 71.6 Å². The van der Waals surface area contributed by atoms with Crippen molar-refractivity contribution in [3.8, 4) is 5.75 Å². The van der Waals surface area contributed by atoms with Gasteiger partial charge in [0, 0.05) is 26.8 Å². The number of rotatable bonds is 7. The minimum Gasteiger partial charge on any atom is -0.496 e. The molecule has 0 saturated carbocycles. The third-order valence-electron chi connectivity index (χ3n) is 4.68. The van der Waals surface area contributed by atoms with Gasteiger partial charge in [-0.1, -0.05) is 41.4 Å². The third kappa shape index (κ3) is 5.78. The summed E-state index contributed by atoms with van der Waals surface area (Å²) in [4.78, 5) is 14.0. The van der Waals surface area contributed by atoms with E-state index in [-0.39, 0.29) is 11.9 Å². The summed E-state index contributed by atoms with van der Waals surface area (Å²) in [7, 11) is 1.65. The number of benzene rings is 3. The summed E-state index contributed by atoms with van der Waals surface area (Å²) in [6, 6.07) is 21.3. The molecule has 0 aromatic heterocycles. The van der Waals surface area contributed by atoms with Crippen molar-refractivity contribution >= 4 is 29.3 Å². The van der Waals surface area contributed by atoms with E-state index in [1.807, 2.05) is 43.3 Å². The highest BCUT2D eigenvalue weighted by molar-refractivity contribution is 7.98. The first-order valence-corrected chi connectivity index (χ1v) is 10.8. The molecule has 0 aliphatic heterocycles. The van der Waals surface area contributed by atoms with Crippen LogP contribution in [0.4, 0.5) is 0 Å². The quantitative estimate of drug-likeness (QED) is 0.442. The number of hydrogen-bond donors (Lipinski definition) is 1. The zero-order chi connectivity index (χ0) is 20.8. The van der Waals surface area contributed by atoms with Gasteiger partial charge in [0.25, 0.3) is 5.91 Å². The Morgan fingerprint density at radius 2 is 1.76 bits per heavy atom. The Balaban J connectivity index is 1.71. The first kappa shape index (κ1) is 21.3. The molecule has 1 amide bonds. The number of ether oxygens (including phenoxy) is 1. The Bertz CT molecular complexity index is 971. The number of aryl methyl sites for hydroxylation is 1. The summed E-state index contributed by atoms with van der Waals surface area (Å²) in [5, 5.41) is 3.73. The molecule has 3 rings (SSSR count).